The number of amides is 4. The molecule has 0 fully saturated rings. The first-order valence-corrected chi connectivity index (χ1v) is 14.8. The van der Waals surface area contributed by atoms with Crippen LogP contribution in [0.1, 0.15) is 72.9 Å². The molecule has 0 radical (unpaired) electrons. The predicted molar refractivity (Wildman–Crippen MR) is 158 cm³/mol. The summed E-state index contributed by atoms with van der Waals surface area (Å²) in [4.78, 5) is 60.6. The van der Waals surface area contributed by atoms with E-state index in [1.54, 1.807) is 32.3 Å². The van der Waals surface area contributed by atoms with Crippen molar-refractivity contribution in [2.75, 3.05) is 26.7 Å². The minimum atomic E-state index is -0.701. The molecule has 228 valence electrons. The van der Waals surface area contributed by atoms with E-state index in [1.165, 1.54) is 0 Å². The van der Waals surface area contributed by atoms with Crippen LogP contribution in [0.4, 0.5) is 0 Å². The van der Waals surface area contributed by atoms with E-state index in [0.29, 0.717) is 49.8 Å². The van der Waals surface area contributed by atoms with Gasteiger partial charge < -0.3 is 20.4 Å². The standard InChI is InChI=1S/C30H39N9O4/c1-19(2)17-22-28(41)31-20(3)27-33-26(21-9-6-5-7-10-21)35-39(27)16-14-37(12-8-11-25(40)32-22)29(42)23-18-24-30(43)36(4)13-15-38(24)34-23/h5-7,9-10,18-20,22H,8,11-17H2,1-4H3,(H,31,41)(H,32,40)/t20-,22-/m1/s1. The Morgan fingerprint density at radius 3 is 2.47 bits per heavy atom. The largest absolute Gasteiger partial charge is 0.345 e. The van der Waals surface area contributed by atoms with E-state index in [1.807, 2.05) is 51.1 Å². The topological polar surface area (TPSA) is 147 Å². The van der Waals surface area contributed by atoms with Gasteiger partial charge in [0, 0.05) is 44.7 Å². The summed E-state index contributed by atoms with van der Waals surface area (Å²) in [6.45, 7) is 7.71. The summed E-state index contributed by atoms with van der Waals surface area (Å²) in [6.07, 6.45) is 1.02. The first-order chi connectivity index (χ1) is 20.6. The molecule has 0 unspecified atom stereocenters. The van der Waals surface area contributed by atoms with Gasteiger partial charge in [-0.2, -0.15) is 10.2 Å². The number of likely N-dealkylation sites (N-methyl/N-ethyl adjacent to an activating group) is 1. The Bertz CT molecular complexity index is 1500. The number of carbonyl (C=O) groups is 4. The van der Waals surface area contributed by atoms with E-state index < -0.39 is 12.1 Å². The number of fused-ring (bicyclic) bond motifs is 2. The lowest BCUT2D eigenvalue weighted by Crippen LogP contribution is -2.48. The van der Waals surface area contributed by atoms with Crippen molar-refractivity contribution in [1.29, 1.82) is 0 Å². The molecule has 4 heterocycles. The summed E-state index contributed by atoms with van der Waals surface area (Å²) in [5, 5.41) is 15.1. The van der Waals surface area contributed by atoms with Gasteiger partial charge in [-0.1, -0.05) is 44.2 Å². The third kappa shape index (κ3) is 6.76. The Labute approximate surface area is 250 Å². The van der Waals surface area contributed by atoms with Gasteiger partial charge >= 0.3 is 0 Å². The number of nitrogens with one attached hydrogen (secondary N) is 2. The molecule has 2 N–H and O–H groups in total. The summed E-state index contributed by atoms with van der Waals surface area (Å²) in [5.41, 5.74) is 1.39. The van der Waals surface area contributed by atoms with Crippen LogP contribution in [0.25, 0.3) is 11.4 Å². The summed E-state index contributed by atoms with van der Waals surface area (Å²) in [6, 6.07) is 9.88. The zero-order valence-electron chi connectivity index (χ0n) is 25.1. The van der Waals surface area contributed by atoms with Crippen LogP contribution in [0.3, 0.4) is 0 Å². The van der Waals surface area contributed by atoms with Crippen LogP contribution in [0.5, 0.6) is 0 Å². The summed E-state index contributed by atoms with van der Waals surface area (Å²) in [5.74, 6) is 0.200. The van der Waals surface area contributed by atoms with Gasteiger partial charge in [0.2, 0.25) is 11.8 Å². The fourth-order valence-corrected chi connectivity index (χ4v) is 5.43. The highest BCUT2D eigenvalue weighted by Crippen LogP contribution is 2.21. The first-order valence-electron chi connectivity index (χ1n) is 14.8. The number of benzene rings is 1. The second-order valence-electron chi connectivity index (χ2n) is 11.6. The summed E-state index contributed by atoms with van der Waals surface area (Å²) >= 11 is 0. The lowest BCUT2D eigenvalue weighted by atomic mass is 10.0. The molecule has 0 saturated heterocycles. The zero-order valence-corrected chi connectivity index (χ0v) is 25.1. The van der Waals surface area contributed by atoms with Crippen molar-refractivity contribution in [2.24, 2.45) is 5.92 Å². The molecule has 0 aliphatic carbocycles. The molecule has 0 saturated carbocycles. The molecule has 0 bridgehead atoms. The zero-order chi connectivity index (χ0) is 30.7. The maximum atomic E-state index is 13.8. The smallest absolute Gasteiger partial charge is 0.274 e. The second-order valence-corrected chi connectivity index (χ2v) is 11.6. The van der Waals surface area contributed by atoms with Gasteiger partial charge in [0.1, 0.15) is 17.6 Å². The van der Waals surface area contributed by atoms with Crippen LogP contribution >= 0.6 is 0 Å². The first kappa shape index (κ1) is 29.9. The highest BCUT2D eigenvalue weighted by atomic mass is 16.2. The number of rotatable bonds is 4. The Kier molecular flexibility index (Phi) is 8.88. The maximum absolute atomic E-state index is 13.8. The van der Waals surface area contributed by atoms with E-state index in [4.69, 9.17) is 10.1 Å². The molecule has 1 aromatic carbocycles. The van der Waals surface area contributed by atoms with Crippen LogP contribution in [0.2, 0.25) is 0 Å². The highest BCUT2D eigenvalue weighted by molar-refractivity contribution is 5.98. The fourth-order valence-electron chi connectivity index (χ4n) is 5.43. The van der Waals surface area contributed by atoms with Gasteiger partial charge in [0.15, 0.2) is 11.5 Å². The Morgan fingerprint density at radius 1 is 0.977 bits per heavy atom. The molecule has 0 spiro atoms. The molecule has 3 aromatic rings. The maximum Gasteiger partial charge on any atom is 0.274 e. The Balaban J connectivity index is 1.47. The third-order valence-corrected chi connectivity index (χ3v) is 7.75. The Hall–Kier alpha value is -4.55. The number of aromatic nitrogens is 5. The van der Waals surface area contributed by atoms with E-state index in [2.05, 4.69) is 15.7 Å². The lowest BCUT2D eigenvalue weighted by Gasteiger charge is -2.25. The molecule has 13 heteroatoms. The van der Waals surface area contributed by atoms with Crippen molar-refractivity contribution in [3.63, 3.8) is 0 Å². The number of hydrogen-bond donors (Lipinski definition) is 2. The lowest BCUT2D eigenvalue weighted by molar-refractivity contribution is -0.129. The van der Waals surface area contributed by atoms with E-state index in [0.717, 1.165) is 5.56 Å². The van der Waals surface area contributed by atoms with Crippen LogP contribution in [0, 0.1) is 5.92 Å². The van der Waals surface area contributed by atoms with Crippen LogP contribution in [-0.4, -0.2) is 90.7 Å². The summed E-state index contributed by atoms with van der Waals surface area (Å²) in [7, 11) is 1.72. The Morgan fingerprint density at radius 2 is 1.72 bits per heavy atom. The summed E-state index contributed by atoms with van der Waals surface area (Å²) < 4.78 is 3.31. The van der Waals surface area contributed by atoms with Gasteiger partial charge in [-0.25, -0.2) is 9.67 Å². The van der Waals surface area contributed by atoms with E-state index in [-0.39, 0.29) is 54.8 Å². The average molecular weight is 590 g/mol. The fraction of sp³-hybridized carbons (Fsp3) is 0.500. The molecular weight excluding hydrogens is 550 g/mol. The van der Waals surface area contributed by atoms with Crippen molar-refractivity contribution < 1.29 is 19.2 Å². The molecule has 5 rings (SSSR count). The van der Waals surface area contributed by atoms with Gasteiger partial charge in [0.05, 0.1) is 19.1 Å². The van der Waals surface area contributed by atoms with Crippen molar-refractivity contribution in [2.45, 2.75) is 65.2 Å². The molecule has 2 atom stereocenters. The van der Waals surface area contributed by atoms with Crippen molar-refractivity contribution in [1.82, 2.24) is 45.0 Å². The van der Waals surface area contributed by atoms with Crippen LogP contribution in [0.15, 0.2) is 36.4 Å². The molecular formula is C30H39N9O4. The molecule has 43 heavy (non-hydrogen) atoms. The average Bonchev–Trinajstić information content (AvgIpc) is 3.61. The normalized spacial score (nSPS) is 20.3. The van der Waals surface area contributed by atoms with Crippen LogP contribution < -0.4 is 10.6 Å². The van der Waals surface area contributed by atoms with Crippen molar-refractivity contribution in [3.05, 3.63) is 53.6 Å². The molecule has 2 aromatic heterocycles. The van der Waals surface area contributed by atoms with Gasteiger partial charge in [-0.3, -0.25) is 23.9 Å². The quantitative estimate of drug-likeness (QED) is 0.472. The minimum Gasteiger partial charge on any atom is -0.345 e. The number of nitrogens with zero attached hydrogens (tertiary/aromatic N) is 7. The van der Waals surface area contributed by atoms with Crippen molar-refractivity contribution in [3.8, 4) is 11.4 Å². The second kappa shape index (κ2) is 12.8. The predicted octanol–water partition coefficient (Wildman–Crippen LogP) is 1.87. The van der Waals surface area contributed by atoms with Gasteiger partial charge in [0.25, 0.3) is 11.8 Å². The molecule has 4 amide bonds. The van der Waals surface area contributed by atoms with Crippen LogP contribution in [-0.2, 0) is 22.7 Å². The van der Waals surface area contributed by atoms with E-state index >= 15 is 0 Å². The SMILES string of the molecule is CC(C)C[C@H]1NC(=O)CCCN(C(=O)c2cc3n(n2)CCN(C)C3=O)CCn2nc(-c3ccccc3)nc2[C@@H](C)NC1=O. The minimum absolute atomic E-state index is 0.150. The molecule has 2 aliphatic rings. The third-order valence-electron chi connectivity index (χ3n) is 7.75. The van der Waals surface area contributed by atoms with Gasteiger partial charge in [-0.05, 0) is 25.7 Å². The monoisotopic (exact) mass is 589 g/mol. The van der Waals surface area contributed by atoms with Gasteiger partial charge in [-0.15, -0.1) is 0 Å². The molecule has 13 nitrogen and oxygen atoms in total. The van der Waals surface area contributed by atoms with E-state index in [9.17, 15) is 19.2 Å². The molecule has 2 aliphatic heterocycles. The number of hydrogen-bond acceptors (Lipinski definition) is 7. The highest BCUT2D eigenvalue weighted by Gasteiger charge is 2.30. The van der Waals surface area contributed by atoms with Crippen molar-refractivity contribution >= 4 is 23.6 Å². The number of carbonyl (C=O) groups excluding carboxylic acids is 4.